The molecule has 0 fully saturated rings. The minimum atomic E-state index is -0.718. The predicted octanol–water partition coefficient (Wildman–Crippen LogP) is 7.82. The second-order valence-corrected chi connectivity index (χ2v) is 13.4. The maximum absolute atomic E-state index is 13.0. The average Bonchev–Trinajstić information content (AvgIpc) is 3.06. The minimum Gasteiger partial charge on any atom is -0.481 e. The molecule has 0 aliphatic carbocycles. The number of carboxylic acid groups (broad SMARTS) is 1. The van der Waals surface area contributed by atoms with Gasteiger partial charge in [-0.2, -0.15) is 0 Å². The highest BCUT2D eigenvalue weighted by molar-refractivity contribution is 5.81. The third kappa shape index (κ3) is 31.1. The summed E-state index contributed by atoms with van der Waals surface area (Å²) in [6.07, 6.45) is 26.8. The van der Waals surface area contributed by atoms with Gasteiger partial charge in [-0.25, -0.2) is 0 Å². The number of esters is 2. The van der Waals surface area contributed by atoms with E-state index in [1.54, 1.807) is 4.90 Å². The number of nitrogens with two attached hydrogens (primary N) is 2. The van der Waals surface area contributed by atoms with Crippen LogP contribution in [0.15, 0.2) is 0 Å². The van der Waals surface area contributed by atoms with Crippen LogP contribution in [0.4, 0.5) is 0 Å². The van der Waals surface area contributed by atoms with Crippen molar-refractivity contribution < 1.29 is 33.8 Å². The molecule has 0 aliphatic heterocycles. The SMILES string of the molecule is CCCCCCCCCCCCCC(=O)OCCN(CCOC(=O)CCCCCCCCCCCCC(=O)O)C(=O)[C@@H](N)CCCCN. The second-order valence-electron chi connectivity index (χ2n) is 13.4. The molecule has 0 bridgehead atoms. The van der Waals surface area contributed by atoms with E-state index in [0.717, 1.165) is 89.9 Å². The lowest BCUT2D eigenvalue weighted by Crippen LogP contribution is -2.46. The van der Waals surface area contributed by atoms with Crippen molar-refractivity contribution >= 4 is 23.8 Å². The Morgan fingerprint density at radius 3 is 1.31 bits per heavy atom. The van der Waals surface area contributed by atoms with E-state index in [1.165, 1.54) is 57.8 Å². The van der Waals surface area contributed by atoms with E-state index in [4.69, 9.17) is 26.0 Å². The highest BCUT2D eigenvalue weighted by atomic mass is 16.5. The zero-order chi connectivity index (χ0) is 35.5. The van der Waals surface area contributed by atoms with Crippen molar-refractivity contribution in [2.75, 3.05) is 32.8 Å². The monoisotopic (exact) mass is 684 g/mol. The fourth-order valence-corrected chi connectivity index (χ4v) is 5.78. The molecule has 0 spiro atoms. The molecule has 10 nitrogen and oxygen atoms in total. The summed E-state index contributed by atoms with van der Waals surface area (Å²) < 4.78 is 10.9. The number of carboxylic acids is 1. The first-order chi connectivity index (χ1) is 23.3. The maximum atomic E-state index is 13.0. The van der Waals surface area contributed by atoms with Crippen molar-refractivity contribution in [2.45, 2.75) is 186 Å². The van der Waals surface area contributed by atoms with Crippen molar-refractivity contribution in [3.05, 3.63) is 0 Å². The summed E-state index contributed by atoms with van der Waals surface area (Å²) in [5.41, 5.74) is 11.7. The van der Waals surface area contributed by atoms with Crippen LogP contribution in [0.3, 0.4) is 0 Å². The molecular formula is C38H73N3O7. The van der Waals surface area contributed by atoms with Gasteiger partial charge in [-0.1, -0.05) is 129 Å². The van der Waals surface area contributed by atoms with Crippen LogP contribution in [0.5, 0.6) is 0 Å². The molecule has 0 aromatic carbocycles. The van der Waals surface area contributed by atoms with Crippen molar-refractivity contribution in [2.24, 2.45) is 11.5 Å². The molecule has 0 heterocycles. The highest BCUT2D eigenvalue weighted by Gasteiger charge is 2.21. The molecule has 0 saturated carbocycles. The van der Waals surface area contributed by atoms with Crippen molar-refractivity contribution in [1.82, 2.24) is 4.90 Å². The molecule has 5 N–H and O–H groups in total. The van der Waals surface area contributed by atoms with Gasteiger partial charge in [0.15, 0.2) is 0 Å². The van der Waals surface area contributed by atoms with Crippen LogP contribution in [-0.2, 0) is 28.7 Å². The van der Waals surface area contributed by atoms with Gasteiger partial charge in [-0.15, -0.1) is 0 Å². The molecule has 0 saturated heterocycles. The second kappa shape index (κ2) is 34.7. The van der Waals surface area contributed by atoms with E-state index in [-0.39, 0.29) is 50.6 Å². The Labute approximate surface area is 292 Å². The lowest BCUT2D eigenvalue weighted by atomic mass is 10.1. The topological polar surface area (TPSA) is 162 Å². The molecule has 0 aromatic rings. The number of aliphatic carboxylic acids is 1. The number of hydrogen-bond acceptors (Lipinski definition) is 8. The molecule has 0 aliphatic rings. The van der Waals surface area contributed by atoms with Gasteiger partial charge >= 0.3 is 17.9 Å². The molecule has 0 rings (SSSR count). The standard InChI is InChI=1S/C38H73N3O7/c1-2-3-4-5-6-7-8-12-15-18-21-27-36(44)47-32-30-41(38(46)34(40)25-23-24-29-39)31-33-48-37(45)28-22-19-16-13-10-9-11-14-17-20-26-35(42)43/h34H,2-33,39-40H2,1H3,(H,42,43)/t34-/m0/s1. The van der Waals surface area contributed by atoms with E-state index >= 15 is 0 Å². The lowest BCUT2D eigenvalue weighted by Gasteiger charge is -2.25. The van der Waals surface area contributed by atoms with Crippen LogP contribution in [0.1, 0.15) is 180 Å². The van der Waals surface area contributed by atoms with Crippen LogP contribution in [0.25, 0.3) is 0 Å². The Balaban J connectivity index is 4.19. The number of rotatable bonds is 36. The first-order valence-corrected chi connectivity index (χ1v) is 19.6. The Bertz CT molecular complexity index is 796. The molecule has 0 unspecified atom stereocenters. The van der Waals surface area contributed by atoms with Crippen molar-refractivity contribution in [3.8, 4) is 0 Å². The number of unbranched alkanes of at least 4 members (excludes halogenated alkanes) is 20. The van der Waals surface area contributed by atoms with Crippen molar-refractivity contribution in [3.63, 3.8) is 0 Å². The Morgan fingerprint density at radius 1 is 0.562 bits per heavy atom. The lowest BCUT2D eigenvalue weighted by molar-refractivity contribution is -0.148. The quantitative estimate of drug-likeness (QED) is 0.0441. The fourth-order valence-electron chi connectivity index (χ4n) is 5.78. The van der Waals surface area contributed by atoms with E-state index in [1.807, 2.05) is 0 Å². The smallest absolute Gasteiger partial charge is 0.305 e. The van der Waals surface area contributed by atoms with E-state index < -0.39 is 12.0 Å². The maximum Gasteiger partial charge on any atom is 0.305 e. The molecule has 1 atom stereocenters. The normalized spacial score (nSPS) is 11.7. The van der Waals surface area contributed by atoms with E-state index in [2.05, 4.69) is 6.92 Å². The molecule has 282 valence electrons. The summed E-state index contributed by atoms with van der Waals surface area (Å²) >= 11 is 0. The van der Waals surface area contributed by atoms with Gasteiger partial charge in [0.1, 0.15) is 13.2 Å². The van der Waals surface area contributed by atoms with Gasteiger partial charge < -0.3 is 30.9 Å². The molecule has 48 heavy (non-hydrogen) atoms. The first-order valence-electron chi connectivity index (χ1n) is 19.6. The summed E-state index contributed by atoms with van der Waals surface area (Å²) in [7, 11) is 0. The molecule has 0 radical (unpaired) electrons. The minimum absolute atomic E-state index is 0.0826. The summed E-state index contributed by atoms with van der Waals surface area (Å²) in [6, 6.07) is -0.670. The largest absolute Gasteiger partial charge is 0.481 e. The van der Waals surface area contributed by atoms with Crippen LogP contribution >= 0.6 is 0 Å². The van der Waals surface area contributed by atoms with Crippen molar-refractivity contribution in [1.29, 1.82) is 0 Å². The number of hydrogen-bond donors (Lipinski definition) is 3. The van der Waals surface area contributed by atoms with Crippen LogP contribution in [0.2, 0.25) is 0 Å². The Kier molecular flexibility index (Phi) is 33.1. The third-order valence-corrected chi connectivity index (χ3v) is 8.85. The molecule has 1 amide bonds. The Morgan fingerprint density at radius 2 is 0.938 bits per heavy atom. The van der Waals surface area contributed by atoms with Gasteiger partial charge in [0.05, 0.1) is 19.1 Å². The summed E-state index contributed by atoms with van der Waals surface area (Å²) in [5, 5.41) is 8.66. The summed E-state index contributed by atoms with van der Waals surface area (Å²) in [4.78, 5) is 49.7. The van der Waals surface area contributed by atoms with Gasteiger partial charge in [-0.05, 0) is 38.6 Å². The Hall–Kier alpha value is -2.20. The number of nitrogens with zero attached hydrogens (tertiary/aromatic N) is 1. The number of ether oxygens (including phenoxy) is 2. The summed E-state index contributed by atoms with van der Waals surface area (Å²) in [6.45, 7) is 3.39. The van der Waals surface area contributed by atoms with Gasteiger partial charge in [0.25, 0.3) is 0 Å². The summed E-state index contributed by atoms with van der Waals surface area (Å²) in [5.74, 6) is -1.46. The van der Waals surface area contributed by atoms with E-state index in [0.29, 0.717) is 25.8 Å². The number of amides is 1. The third-order valence-electron chi connectivity index (χ3n) is 8.85. The van der Waals surface area contributed by atoms with Gasteiger partial charge in [-0.3, -0.25) is 19.2 Å². The number of carbonyl (C=O) groups is 4. The predicted molar refractivity (Wildman–Crippen MR) is 193 cm³/mol. The zero-order valence-electron chi connectivity index (χ0n) is 30.7. The molecule has 10 heteroatoms. The fraction of sp³-hybridized carbons (Fsp3) is 0.895. The zero-order valence-corrected chi connectivity index (χ0v) is 30.7. The van der Waals surface area contributed by atoms with E-state index in [9.17, 15) is 19.2 Å². The van der Waals surface area contributed by atoms with Crippen LogP contribution < -0.4 is 11.5 Å². The number of carbonyl (C=O) groups excluding carboxylic acids is 3. The van der Waals surface area contributed by atoms with Crippen LogP contribution in [-0.4, -0.2) is 72.7 Å². The van der Waals surface area contributed by atoms with Crippen LogP contribution in [0, 0.1) is 0 Å². The van der Waals surface area contributed by atoms with Gasteiger partial charge in [0, 0.05) is 19.3 Å². The highest BCUT2D eigenvalue weighted by Crippen LogP contribution is 2.14. The molecular weight excluding hydrogens is 610 g/mol. The van der Waals surface area contributed by atoms with Gasteiger partial charge in [0.2, 0.25) is 5.91 Å². The first kappa shape index (κ1) is 45.8. The molecule has 0 aromatic heterocycles. The average molecular weight is 684 g/mol.